The van der Waals surface area contributed by atoms with Crippen LogP contribution >= 0.6 is 0 Å². The Bertz CT molecular complexity index is 668. The summed E-state index contributed by atoms with van der Waals surface area (Å²) in [6.07, 6.45) is 5.32. The van der Waals surface area contributed by atoms with Crippen molar-refractivity contribution in [2.75, 3.05) is 16.8 Å². The predicted octanol–water partition coefficient (Wildman–Crippen LogP) is 1.52. The molecule has 1 saturated heterocycles. The molecule has 2 heterocycles. The highest BCUT2D eigenvalue weighted by atomic mass is 16.3. The van der Waals surface area contributed by atoms with Gasteiger partial charge in [0.25, 0.3) is 0 Å². The maximum Gasteiger partial charge on any atom is 0.249 e. The van der Waals surface area contributed by atoms with Crippen LogP contribution in [0.1, 0.15) is 18.4 Å². The summed E-state index contributed by atoms with van der Waals surface area (Å²) in [7, 11) is 1.84. The molecule has 1 atom stereocenters. The van der Waals surface area contributed by atoms with Crippen LogP contribution in [0.5, 0.6) is 0 Å². The monoisotopic (exact) mass is 300 g/mol. The van der Waals surface area contributed by atoms with Gasteiger partial charge >= 0.3 is 0 Å². The third kappa shape index (κ3) is 2.96. The van der Waals surface area contributed by atoms with Crippen LogP contribution in [0.25, 0.3) is 0 Å². The third-order valence-corrected chi connectivity index (χ3v) is 3.89. The van der Waals surface area contributed by atoms with Crippen LogP contribution in [0.2, 0.25) is 0 Å². The summed E-state index contributed by atoms with van der Waals surface area (Å²) in [5, 5.41) is 16.6. The highest BCUT2D eigenvalue weighted by Crippen LogP contribution is 2.23. The maximum atomic E-state index is 12.7. The van der Waals surface area contributed by atoms with Crippen molar-refractivity contribution in [3.8, 4) is 0 Å². The zero-order chi connectivity index (χ0) is 15.5. The first-order valence-corrected chi connectivity index (χ1v) is 7.44. The van der Waals surface area contributed by atoms with Crippen LogP contribution in [0, 0.1) is 0 Å². The summed E-state index contributed by atoms with van der Waals surface area (Å²) >= 11 is 0. The van der Waals surface area contributed by atoms with E-state index >= 15 is 0 Å². The molecule has 0 bridgehead atoms. The number of aliphatic hydroxyl groups excluding tert-OH is 1. The minimum Gasteiger partial charge on any atom is -0.392 e. The van der Waals surface area contributed by atoms with Crippen molar-refractivity contribution in [1.82, 2.24) is 9.78 Å². The first-order chi connectivity index (χ1) is 10.7. The van der Waals surface area contributed by atoms with E-state index in [1.807, 2.05) is 37.5 Å². The number of nitrogens with one attached hydrogen (secondary N) is 1. The maximum absolute atomic E-state index is 12.7. The molecule has 0 spiro atoms. The molecule has 6 nitrogen and oxygen atoms in total. The van der Waals surface area contributed by atoms with E-state index in [1.54, 1.807) is 15.8 Å². The zero-order valence-electron chi connectivity index (χ0n) is 12.6. The van der Waals surface area contributed by atoms with E-state index in [9.17, 15) is 9.90 Å². The molecule has 6 heteroatoms. The first kappa shape index (κ1) is 14.6. The number of benzene rings is 1. The lowest BCUT2D eigenvalue weighted by Crippen LogP contribution is -2.47. The molecule has 1 aromatic heterocycles. The molecule has 22 heavy (non-hydrogen) atoms. The smallest absolute Gasteiger partial charge is 0.249 e. The van der Waals surface area contributed by atoms with E-state index in [-0.39, 0.29) is 18.6 Å². The van der Waals surface area contributed by atoms with Gasteiger partial charge < -0.3 is 15.3 Å². The van der Waals surface area contributed by atoms with Crippen molar-refractivity contribution < 1.29 is 9.90 Å². The summed E-state index contributed by atoms with van der Waals surface area (Å²) < 4.78 is 1.70. The number of hydrogen-bond acceptors (Lipinski definition) is 4. The summed E-state index contributed by atoms with van der Waals surface area (Å²) in [5.41, 5.74) is 2.53. The topological polar surface area (TPSA) is 70.4 Å². The fourth-order valence-corrected chi connectivity index (χ4v) is 2.77. The van der Waals surface area contributed by atoms with Crippen LogP contribution in [0.3, 0.4) is 0 Å². The van der Waals surface area contributed by atoms with Crippen molar-refractivity contribution in [3.63, 3.8) is 0 Å². The number of aromatic nitrogens is 2. The van der Waals surface area contributed by atoms with Crippen LogP contribution in [0.4, 0.5) is 11.4 Å². The molecule has 1 aliphatic rings. The number of nitrogens with zero attached hydrogens (tertiary/aromatic N) is 3. The second-order valence-corrected chi connectivity index (χ2v) is 5.56. The Hall–Kier alpha value is -2.34. The molecule has 1 amide bonds. The van der Waals surface area contributed by atoms with Crippen LogP contribution in [0.15, 0.2) is 36.7 Å². The summed E-state index contributed by atoms with van der Waals surface area (Å²) in [6, 6.07) is 7.27. The Balaban J connectivity index is 1.75. The summed E-state index contributed by atoms with van der Waals surface area (Å²) in [5.74, 6) is 0.0636. The number of rotatable bonds is 4. The molecule has 2 N–H and O–H groups in total. The number of aryl methyl sites for hydroxylation is 1. The van der Waals surface area contributed by atoms with Crippen LogP contribution in [-0.2, 0) is 18.4 Å². The highest BCUT2D eigenvalue weighted by Gasteiger charge is 2.30. The number of anilines is 2. The van der Waals surface area contributed by atoms with Gasteiger partial charge in [0.05, 0.1) is 18.5 Å². The number of hydrogen-bond donors (Lipinski definition) is 2. The number of amides is 1. The van der Waals surface area contributed by atoms with Crippen molar-refractivity contribution >= 4 is 17.3 Å². The number of carbonyl (C=O) groups is 1. The van der Waals surface area contributed by atoms with Gasteiger partial charge in [0.1, 0.15) is 6.04 Å². The highest BCUT2D eigenvalue weighted by molar-refractivity contribution is 5.99. The second kappa shape index (κ2) is 6.19. The van der Waals surface area contributed by atoms with Gasteiger partial charge in [0, 0.05) is 25.5 Å². The molecular weight excluding hydrogens is 280 g/mol. The molecule has 1 aromatic carbocycles. The number of carbonyl (C=O) groups excluding carboxylic acids is 1. The van der Waals surface area contributed by atoms with Gasteiger partial charge in [0.15, 0.2) is 0 Å². The van der Waals surface area contributed by atoms with Gasteiger partial charge in [-0.1, -0.05) is 12.1 Å². The zero-order valence-corrected chi connectivity index (χ0v) is 12.6. The average Bonchev–Trinajstić information content (AvgIpc) is 2.96. The van der Waals surface area contributed by atoms with Gasteiger partial charge in [-0.25, -0.2) is 0 Å². The quantitative estimate of drug-likeness (QED) is 0.898. The fourth-order valence-electron chi connectivity index (χ4n) is 2.77. The Morgan fingerprint density at radius 1 is 1.45 bits per heavy atom. The predicted molar refractivity (Wildman–Crippen MR) is 84.6 cm³/mol. The SMILES string of the molecule is Cn1cc(N2CCC[C@@H](Nc3cccc(CO)c3)C2=O)cn1. The Kier molecular flexibility index (Phi) is 4.11. The van der Waals surface area contributed by atoms with Gasteiger partial charge in [-0.05, 0) is 30.5 Å². The minimum absolute atomic E-state index is 0.00402. The van der Waals surface area contributed by atoms with E-state index in [4.69, 9.17) is 0 Å². The Labute approximate surface area is 129 Å². The van der Waals surface area contributed by atoms with Crippen LogP contribution < -0.4 is 10.2 Å². The summed E-state index contributed by atoms with van der Waals surface area (Å²) in [6.45, 7) is 0.718. The molecule has 0 aliphatic carbocycles. The van der Waals surface area contributed by atoms with E-state index in [2.05, 4.69) is 10.4 Å². The number of aliphatic hydroxyl groups is 1. The minimum atomic E-state index is -0.247. The molecule has 1 fully saturated rings. The lowest BCUT2D eigenvalue weighted by molar-refractivity contribution is -0.120. The average molecular weight is 300 g/mol. The second-order valence-electron chi connectivity index (χ2n) is 5.56. The molecule has 2 aromatic rings. The van der Waals surface area contributed by atoms with Crippen LogP contribution in [-0.4, -0.2) is 33.4 Å². The van der Waals surface area contributed by atoms with Gasteiger partial charge in [-0.3, -0.25) is 9.48 Å². The third-order valence-electron chi connectivity index (χ3n) is 3.89. The van der Waals surface area contributed by atoms with E-state index in [1.165, 1.54) is 0 Å². The van der Waals surface area contributed by atoms with Crippen molar-refractivity contribution in [3.05, 3.63) is 42.2 Å². The summed E-state index contributed by atoms with van der Waals surface area (Å²) in [4.78, 5) is 14.5. The van der Waals surface area contributed by atoms with Gasteiger partial charge in [0.2, 0.25) is 5.91 Å². The molecule has 0 unspecified atom stereocenters. The van der Waals surface area contributed by atoms with Gasteiger partial charge in [-0.15, -0.1) is 0 Å². The molecule has 0 radical (unpaired) electrons. The van der Waals surface area contributed by atoms with Crippen molar-refractivity contribution in [2.24, 2.45) is 7.05 Å². The molecule has 3 rings (SSSR count). The standard InChI is InChI=1S/C16H20N4O2/c1-19-10-14(9-17-19)20-7-3-6-15(16(20)22)18-13-5-2-4-12(8-13)11-21/h2,4-5,8-10,15,18,21H,3,6-7,11H2,1H3/t15-/m1/s1. The normalized spacial score (nSPS) is 18.5. The van der Waals surface area contributed by atoms with E-state index in [0.717, 1.165) is 36.3 Å². The lowest BCUT2D eigenvalue weighted by Gasteiger charge is -2.32. The van der Waals surface area contributed by atoms with Crippen molar-refractivity contribution in [1.29, 1.82) is 0 Å². The molecular formula is C16H20N4O2. The van der Waals surface area contributed by atoms with E-state index in [0.29, 0.717) is 0 Å². The van der Waals surface area contributed by atoms with Crippen molar-refractivity contribution in [2.45, 2.75) is 25.5 Å². The number of piperidine rings is 1. The largest absolute Gasteiger partial charge is 0.392 e. The van der Waals surface area contributed by atoms with Gasteiger partial charge in [-0.2, -0.15) is 5.10 Å². The molecule has 1 aliphatic heterocycles. The molecule has 0 saturated carbocycles. The molecule has 116 valence electrons. The first-order valence-electron chi connectivity index (χ1n) is 7.44. The van der Waals surface area contributed by atoms with E-state index < -0.39 is 0 Å². The lowest BCUT2D eigenvalue weighted by atomic mass is 10.0. The fraction of sp³-hybridized carbons (Fsp3) is 0.375. The Morgan fingerprint density at radius 2 is 2.32 bits per heavy atom. The Morgan fingerprint density at radius 3 is 3.05 bits per heavy atom.